The van der Waals surface area contributed by atoms with Crippen LogP contribution in [0.25, 0.3) is 22.3 Å². The molecule has 3 aromatic rings. The van der Waals surface area contributed by atoms with Gasteiger partial charge in [0.25, 0.3) is 5.56 Å². The lowest BCUT2D eigenvalue weighted by Gasteiger charge is -2.05. The normalized spacial score (nSPS) is 11.3. The topological polar surface area (TPSA) is 110 Å². The number of nitrogens with one attached hydrogen (secondary N) is 1. The molecule has 0 fully saturated rings. The van der Waals surface area contributed by atoms with Crippen molar-refractivity contribution < 1.29 is 5.11 Å². The number of nitrogens with two attached hydrogens (primary N) is 1. The predicted octanol–water partition coefficient (Wildman–Crippen LogP) is 2.00. The number of hydrogen-bond donors (Lipinski definition) is 3. The largest absolute Gasteiger partial charge is 0.394 e. The van der Waals surface area contributed by atoms with Gasteiger partial charge >= 0.3 is 0 Å². The summed E-state index contributed by atoms with van der Waals surface area (Å²) in [6.45, 7) is 2.36. The van der Waals surface area contributed by atoms with Gasteiger partial charge in [0, 0.05) is 5.75 Å². The van der Waals surface area contributed by atoms with E-state index >= 15 is 0 Å². The molecule has 3 rings (SSSR count). The van der Waals surface area contributed by atoms with Gasteiger partial charge in [-0.3, -0.25) is 4.79 Å². The number of hydrogen-bond acceptors (Lipinski definition) is 6. The van der Waals surface area contributed by atoms with E-state index in [-0.39, 0.29) is 12.2 Å². The third-order valence-corrected chi connectivity index (χ3v) is 4.99. The average Bonchev–Trinajstić information content (AvgIpc) is 2.91. The molecule has 0 atom stereocenters. The van der Waals surface area contributed by atoms with Crippen LogP contribution in [0.2, 0.25) is 0 Å². The first kappa shape index (κ1) is 17.5. The van der Waals surface area contributed by atoms with Crippen LogP contribution in [0.5, 0.6) is 0 Å². The smallest absolute Gasteiger partial charge is 0.259 e. The molecule has 25 heavy (non-hydrogen) atoms. The van der Waals surface area contributed by atoms with E-state index in [2.05, 4.69) is 22.0 Å². The molecule has 0 saturated carbocycles. The molecule has 132 valence electrons. The summed E-state index contributed by atoms with van der Waals surface area (Å²) in [5.41, 5.74) is 8.05. The van der Waals surface area contributed by atoms with Crippen LogP contribution in [-0.2, 0) is 12.3 Å². The van der Waals surface area contributed by atoms with Crippen molar-refractivity contribution >= 4 is 28.5 Å². The number of aromatic nitrogens is 4. The molecule has 0 aliphatic heterocycles. The van der Waals surface area contributed by atoms with Gasteiger partial charge in [-0.15, -0.1) is 0 Å². The van der Waals surface area contributed by atoms with Gasteiger partial charge in [-0.1, -0.05) is 19.1 Å². The maximum atomic E-state index is 12.4. The number of nitrogens with zero attached hydrogens (tertiary/aromatic N) is 3. The van der Waals surface area contributed by atoms with Crippen molar-refractivity contribution in [1.29, 1.82) is 0 Å². The number of fused-ring (bicyclic) bond motifs is 1. The Labute approximate surface area is 149 Å². The molecule has 4 N–H and O–H groups in total. The minimum atomic E-state index is -0.206. The van der Waals surface area contributed by atoms with Gasteiger partial charge in [0.2, 0.25) is 0 Å². The van der Waals surface area contributed by atoms with Gasteiger partial charge in [-0.2, -0.15) is 16.9 Å². The summed E-state index contributed by atoms with van der Waals surface area (Å²) in [5.74, 6) is 2.49. The van der Waals surface area contributed by atoms with Crippen LogP contribution in [0.1, 0.15) is 19.0 Å². The van der Waals surface area contributed by atoms with Crippen LogP contribution < -0.4 is 11.3 Å². The first-order chi connectivity index (χ1) is 12.2. The second kappa shape index (κ2) is 7.71. The van der Waals surface area contributed by atoms with E-state index < -0.39 is 0 Å². The fourth-order valence-corrected chi connectivity index (χ4v) is 3.50. The number of aromatic amines is 1. The standard InChI is InChI=1S/C17H21N5O2S/c1-2-9-25-10-13-14(15(18)22(21-13)7-8-23)16-19-12-6-4-3-5-11(12)17(24)20-16/h3-6,23H,2,7-10,18H2,1H3,(H,19,20,24). The number of rotatable bonds is 7. The van der Waals surface area contributed by atoms with Gasteiger partial charge < -0.3 is 15.8 Å². The van der Waals surface area contributed by atoms with Gasteiger partial charge in [0.15, 0.2) is 0 Å². The Hall–Kier alpha value is -2.32. The van der Waals surface area contributed by atoms with E-state index in [1.807, 2.05) is 6.07 Å². The molecule has 0 amide bonds. The van der Waals surface area contributed by atoms with E-state index in [9.17, 15) is 9.90 Å². The highest BCUT2D eigenvalue weighted by Gasteiger charge is 2.20. The number of benzene rings is 1. The van der Waals surface area contributed by atoms with E-state index in [1.54, 1.807) is 34.6 Å². The number of anilines is 1. The molecule has 1 aromatic carbocycles. The van der Waals surface area contributed by atoms with Crippen molar-refractivity contribution in [3.63, 3.8) is 0 Å². The third-order valence-electron chi connectivity index (χ3n) is 3.81. The van der Waals surface area contributed by atoms with Gasteiger partial charge in [0.1, 0.15) is 11.6 Å². The van der Waals surface area contributed by atoms with Crippen LogP contribution in [0.4, 0.5) is 5.82 Å². The van der Waals surface area contributed by atoms with E-state index in [0.29, 0.717) is 40.4 Å². The highest BCUT2D eigenvalue weighted by molar-refractivity contribution is 7.98. The molecule has 8 heteroatoms. The molecule has 0 bridgehead atoms. The lowest BCUT2D eigenvalue weighted by Crippen LogP contribution is -2.11. The number of aliphatic hydroxyl groups excluding tert-OH is 1. The van der Waals surface area contributed by atoms with Gasteiger partial charge in [0.05, 0.1) is 35.3 Å². The van der Waals surface area contributed by atoms with Gasteiger partial charge in [-0.05, 0) is 24.3 Å². The first-order valence-electron chi connectivity index (χ1n) is 8.19. The molecule has 0 aliphatic carbocycles. The first-order valence-corrected chi connectivity index (χ1v) is 9.34. The van der Waals surface area contributed by atoms with Crippen molar-refractivity contribution in [2.75, 3.05) is 18.1 Å². The highest BCUT2D eigenvalue weighted by Crippen LogP contribution is 2.30. The molecule has 7 nitrogen and oxygen atoms in total. The number of nitrogen functional groups attached to an aromatic ring is 1. The molecule has 0 aliphatic rings. The number of aliphatic hydroxyl groups is 1. The van der Waals surface area contributed by atoms with Crippen molar-refractivity contribution in [3.05, 3.63) is 40.3 Å². The maximum absolute atomic E-state index is 12.4. The molecule has 0 radical (unpaired) electrons. The SMILES string of the molecule is CCCSCc1nn(CCO)c(N)c1-c1nc2ccccc2c(=O)[nH]1. The van der Waals surface area contributed by atoms with Crippen LogP contribution in [0.15, 0.2) is 29.1 Å². The Balaban J connectivity index is 2.12. The Morgan fingerprint density at radius 2 is 2.16 bits per heavy atom. The lowest BCUT2D eigenvalue weighted by atomic mass is 10.2. The summed E-state index contributed by atoms with van der Waals surface area (Å²) in [5, 5.41) is 14.3. The number of thioether (sulfide) groups is 1. The van der Waals surface area contributed by atoms with Crippen molar-refractivity contribution in [3.8, 4) is 11.4 Å². The minimum absolute atomic E-state index is 0.0610. The second-order valence-electron chi connectivity index (χ2n) is 5.64. The van der Waals surface area contributed by atoms with Crippen LogP contribution in [0, 0.1) is 0 Å². The fraction of sp³-hybridized carbons (Fsp3) is 0.353. The predicted molar refractivity (Wildman–Crippen MR) is 102 cm³/mol. The lowest BCUT2D eigenvalue weighted by molar-refractivity contribution is 0.270. The second-order valence-corrected chi connectivity index (χ2v) is 6.74. The summed E-state index contributed by atoms with van der Waals surface area (Å²) in [4.78, 5) is 19.8. The molecule has 0 spiro atoms. The summed E-state index contributed by atoms with van der Waals surface area (Å²) >= 11 is 1.75. The van der Waals surface area contributed by atoms with E-state index in [4.69, 9.17) is 5.73 Å². The Kier molecular flexibility index (Phi) is 5.40. The molecule has 2 heterocycles. The van der Waals surface area contributed by atoms with Crippen LogP contribution >= 0.6 is 11.8 Å². The van der Waals surface area contributed by atoms with Crippen LogP contribution in [-0.4, -0.2) is 37.2 Å². The molecule has 0 saturated heterocycles. The van der Waals surface area contributed by atoms with Crippen molar-refractivity contribution in [2.24, 2.45) is 0 Å². The fourth-order valence-electron chi connectivity index (χ4n) is 2.67. The zero-order valence-corrected chi connectivity index (χ0v) is 14.8. The maximum Gasteiger partial charge on any atom is 0.259 e. The Bertz CT molecular complexity index is 934. The number of para-hydroxylation sites is 1. The van der Waals surface area contributed by atoms with Crippen LogP contribution in [0.3, 0.4) is 0 Å². The average molecular weight is 359 g/mol. The van der Waals surface area contributed by atoms with E-state index in [1.165, 1.54) is 0 Å². The summed E-state index contributed by atoms with van der Waals surface area (Å²) < 4.78 is 1.56. The summed E-state index contributed by atoms with van der Waals surface area (Å²) in [6, 6.07) is 7.18. The molecule has 2 aromatic heterocycles. The number of H-pyrrole nitrogens is 1. The van der Waals surface area contributed by atoms with E-state index in [0.717, 1.165) is 17.9 Å². The summed E-state index contributed by atoms with van der Waals surface area (Å²) in [6.07, 6.45) is 1.07. The Morgan fingerprint density at radius 3 is 2.92 bits per heavy atom. The molecular weight excluding hydrogens is 338 g/mol. The summed E-state index contributed by atoms with van der Waals surface area (Å²) in [7, 11) is 0. The minimum Gasteiger partial charge on any atom is -0.394 e. The van der Waals surface area contributed by atoms with Crippen molar-refractivity contribution in [2.45, 2.75) is 25.6 Å². The third kappa shape index (κ3) is 3.54. The molecular formula is C17H21N5O2S. The quantitative estimate of drug-likeness (QED) is 0.557. The van der Waals surface area contributed by atoms with Gasteiger partial charge in [-0.25, -0.2) is 9.67 Å². The zero-order chi connectivity index (χ0) is 17.8. The monoisotopic (exact) mass is 359 g/mol. The highest BCUT2D eigenvalue weighted by atomic mass is 32.2. The van der Waals surface area contributed by atoms with Crippen molar-refractivity contribution in [1.82, 2.24) is 19.7 Å². The molecule has 0 unspecified atom stereocenters. The Morgan fingerprint density at radius 1 is 1.36 bits per heavy atom. The zero-order valence-electron chi connectivity index (χ0n) is 14.0.